The summed E-state index contributed by atoms with van der Waals surface area (Å²) in [5.74, 6) is 0.518. The summed E-state index contributed by atoms with van der Waals surface area (Å²) in [6.07, 6.45) is 7.63. The average molecular weight is 392 g/mol. The predicted octanol–water partition coefficient (Wildman–Crippen LogP) is 5.57. The van der Waals surface area contributed by atoms with E-state index in [2.05, 4.69) is 18.5 Å². The minimum atomic E-state index is -0.151. The summed E-state index contributed by atoms with van der Waals surface area (Å²) in [5, 5.41) is 13.9. The molecule has 0 aliphatic rings. The van der Waals surface area contributed by atoms with Crippen LogP contribution in [0.4, 0.5) is 5.69 Å². The van der Waals surface area contributed by atoms with Crippen LogP contribution in [0, 0.1) is 0 Å². The van der Waals surface area contributed by atoms with Crippen molar-refractivity contribution in [2.24, 2.45) is 0 Å². The van der Waals surface area contributed by atoms with Crippen LogP contribution >= 0.6 is 0 Å². The van der Waals surface area contributed by atoms with Gasteiger partial charge in [-0.15, -0.1) is 13.2 Å². The molecule has 2 N–H and O–H groups in total. The van der Waals surface area contributed by atoms with Crippen molar-refractivity contribution in [3.63, 3.8) is 0 Å². The second-order valence-electron chi connectivity index (χ2n) is 6.96. The lowest BCUT2D eigenvalue weighted by atomic mass is 9.97. The minimum absolute atomic E-state index is 0.0832. The first kappa shape index (κ1) is 22.0. The van der Waals surface area contributed by atoms with Crippen molar-refractivity contribution in [1.82, 2.24) is 0 Å². The number of rotatable bonds is 10. The van der Waals surface area contributed by atoms with Gasteiger partial charge in [0.1, 0.15) is 11.5 Å². The Bertz CT molecular complexity index is 909. The molecule has 0 spiro atoms. The number of benzene rings is 2. The maximum Gasteiger partial charge on any atom is 0.185 e. The number of nitrogens with one attached hydrogen (secondary N) is 1. The normalized spacial score (nSPS) is 10.9. The van der Waals surface area contributed by atoms with Crippen LogP contribution in [-0.4, -0.2) is 24.0 Å². The van der Waals surface area contributed by atoms with Crippen molar-refractivity contribution < 1.29 is 14.6 Å². The van der Waals surface area contributed by atoms with Gasteiger partial charge in [0.05, 0.1) is 11.7 Å². The van der Waals surface area contributed by atoms with Crippen molar-refractivity contribution in [3.8, 4) is 11.5 Å². The van der Waals surface area contributed by atoms with E-state index >= 15 is 0 Å². The van der Waals surface area contributed by atoms with Gasteiger partial charge in [0.25, 0.3) is 0 Å². The Morgan fingerprint density at radius 3 is 2.31 bits per heavy atom. The maximum atomic E-state index is 12.6. The van der Waals surface area contributed by atoms with Crippen molar-refractivity contribution >= 4 is 17.5 Å². The topological polar surface area (TPSA) is 58.6 Å². The van der Waals surface area contributed by atoms with Crippen LogP contribution in [0.3, 0.4) is 0 Å². The van der Waals surface area contributed by atoms with E-state index in [1.54, 1.807) is 30.4 Å². The summed E-state index contributed by atoms with van der Waals surface area (Å²) >= 11 is 0. The molecule has 0 aliphatic carbocycles. The van der Waals surface area contributed by atoms with Crippen molar-refractivity contribution in [2.45, 2.75) is 32.8 Å². The average Bonchev–Trinajstić information content (AvgIpc) is 2.70. The first-order chi connectivity index (χ1) is 13.9. The lowest BCUT2D eigenvalue weighted by Gasteiger charge is -2.19. The Balaban J connectivity index is 2.51. The predicted molar refractivity (Wildman–Crippen MR) is 121 cm³/mol. The van der Waals surface area contributed by atoms with Gasteiger partial charge in [-0.2, -0.15) is 0 Å². The molecule has 0 saturated heterocycles. The molecular weight excluding hydrogens is 362 g/mol. The number of anilines is 1. The van der Waals surface area contributed by atoms with Crippen LogP contribution in [0.5, 0.6) is 11.5 Å². The van der Waals surface area contributed by atoms with Gasteiger partial charge in [-0.25, -0.2) is 0 Å². The molecule has 0 radical (unpaired) electrons. The highest BCUT2D eigenvalue weighted by atomic mass is 16.5. The Labute approximate surface area is 173 Å². The number of ether oxygens (including phenoxy) is 1. The summed E-state index contributed by atoms with van der Waals surface area (Å²) in [4.78, 5) is 12.6. The first-order valence-corrected chi connectivity index (χ1v) is 9.67. The number of phenols is 1. The second kappa shape index (κ2) is 10.3. The van der Waals surface area contributed by atoms with Gasteiger partial charge in [-0.05, 0) is 80.3 Å². The maximum absolute atomic E-state index is 12.6. The van der Waals surface area contributed by atoms with Crippen LogP contribution < -0.4 is 10.1 Å². The number of hydrogen-bond acceptors (Lipinski definition) is 4. The number of aromatic hydroxyl groups is 1. The molecule has 29 heavy (non-hydrogen) atoms. The van der Waals surface area contributed by atoms with E-state index in [0.29, 0.717) is 29.7 Å². The minimum Gasteiger partial charge on any atom is -0.507 e. The molecule has 152 valence electrons. The molecular formula is C25H29NO3. The highest BCUT2D eigenvalue weighted by molar-refractivity contribution is 6.07. The third-order valence-electron chi connectivity index (χ3n) is 4.39. The van der Waals surface area contributed by atoms with Crippen molar-refractivity contribution in [3.05, 3.63) is 84.0 Å². The van der Waals surface area contributed by atoms with Crippen LogP contribution in [0.2, 0.25) is 0 Å². The molecule has 0 amide bonds. The van der Waals surface area contributed by atoms with E-state index in [9.17, 15) is 9.90 Å². The molecule has 0 saturated carbocycles. The number of allylic oxidation sites excluding steroid dienone is 3. The Kier molecular flexibility index (Phi) is 7.84. The fourth-order valence-corrected chi connectivity index (χ4v) is 3.00. The molecule has 4 nitrogen and oxygen atoms in total. The van der Waals surface area contributed by atoms with E-state index < -0.39 is 0 Å². The van der Waals surface area contributed by atoms with Gasteiger partial charge in [0.15, 0.2) is 5.78 Å². The fourth-order valence-electron chi connectivity index (χ4n) is 3.00. The van der Waals surface area contributed by atoms with Gasteiger partial charge >= 0.3 is 0 Å². The first-order valence-electron chi connectivity index (χ1n) is 9.67. The SMILES string of the molecule is C=CCc1cc(CC=C)c(OC(C)C)c(/C=C/C(=O)c2ccc(NC)cc2)c1O. The van der Waals surface area contributed by atoms with Gasteiger partial charge in [0, 0.05) is 18.3 Å². The lowest BCUT2D eigenvalue weighted by molar-refractivity contribution is 0.104. The van der Waals surface area contributed by atoms with E-state index in [0.717, 1.165) is 16.8 Å². The largest absolute Gasteiger partial charge is 0.507 e. The zero-order valence-corrected chi connectivity index (χ0v) is 17.4. The monoisotopic (exact) mass is 391 g/mol. The zero-order chi connectivity index (χ0) is 21.4. The molecule has 0 aromatic heterocycles. The number of carbonyl (C=O) groups is 1. The Hall–Kier alpha value is -3.27. The molecule has 2 aromatic carbocycles. The highest BCUT2D eigenvalue weighted by Crippen LogP contribution is 2.38. The van der Waals surface area contributed by atoms with Crippen LogP contribution in [0.1, 0.15) is 40.9 Å². The van der Waals surface area contributed by atoms with Crippen LogP contribution in [0.15, 0.2) is 61.7 Å². The number of ketones is 1. The summed E-state index contributed by atoms with van der Waals surface area (Å²) in [7, 11) is 1.83. The molecule has 0 heterocycles. The quantitative estimate of drug-likeness (QED) is 0.316. The van der Waals surface area contributed by atoms with E-state index in [1.165, 1.54) is 6.08 Å². The molecule has 0 fully saturated rings. The smallest absolute Gasteiger partial charge is 0.185 e. The number of hydrogen-bond donors (Lipinski definition) is 2. The number of carbonyl (C=O) groups excluding carboxylic acids is 1. The van der Waals surface area contributed by atoms with E-state index in [-0.39, 0.29) is 17.6 Å². The molecule has 0 bridgehead atoms. The third kappa shape index (κ3) is 5.61. The summed E-state index contributed by atoms with van der Waals surface area (Å²) in [5.41, 5.74) is 3.64. The van der Waals surface area contributed by atoms with Crippen molar-refractivity contribution in [2.75, 3.05) is 12.4 Å². The summed E-state index contributed by atoms with van der Waals surface area (Å²) in [6.45, 7) is 11.4. The molecule has 0 unspecified atom stereocenters. The standard InChI is InChI=1S/C25H29NO3/c1-6-8-19-16-20(9-7-2)25(29-17(3)4)22(24(19)28)14-15-23(27)18-10-12-21(26-5)13-11-18/h6-7,10-17,26,28H,1-2,8-9H2,3-5H3/b15-14+. The van der Waals surface area contributed by atoms with E-state index in [4.69, 9.17) is 4.74 Å². The highest BCUT2D eigenvalue weighted by Gasteiger charge is 2.18. The zero-order valence-electron chi connectivity index (χ0n) is 17.4. The number of phenolic OH excluding ortho intramolecular Hbond substituents is 1. The third-order valence-corrected chi connectivity index (χ3v) is 4.39. The molecule has 0 aliphatic heterocycles. The van der Waals surface area contributed by atoms with Gasteiger partial charge < -0.3 is 15.2 Å². The molecule has 4 heteroatoms. The van der Waals surface area contributed by atoms with Gasteiger partial charge in [-0.1, -0.05) is 12.2 Å². The fraction of sp³-hybridized carbons (Fsp3) is 0.240. The lowest BCUT2D eigenvalue weighted by Crippen LogP contribution is -2.10. The molecule has 2 rings (SSSR count). The van der Waals surface area contributed by atoms with E-state index in [1.807, 2.05) is 39.1 Å². The van der Waals surface area contributed by atoms with Gasteiger partial charge in [0.2, 0.25) is 0 Å². The van der Waals surface area contributed by atoms with Crippen LogP contribution in [0.25, 0.3) is 6.08 Å². The summed E-state index contributed by atoms with van der Waals surface area (Å²) < 4.78 is 6.01. The molecule has 2 aromatic rings. The second-order valence-corrected chi connectivity index (χ2v) is 6.96. The Morgan fingerprint density at radius 2 is 1.76 bits per heavy atom. The molecule has 0 atom stereocenters. The van der Waals surface area contributed by atoms with Gasteiger partial charge in [-0.3, -0.25) is 4.79 Å². The van der Waals surface area contributed by atoms with Crippen molar-refractivity contribution in [1.29, 1.82) is 0 Å². The Morgan fingerprint density at radius 1 is 1.14 bits per heavy atom. The summed E-state index contributed by atoms with van der Waals surface area (Å²) in [6, 6.07) is 9.13. The van der Waals surface area contributed by atoms with Crippen LogP contribution in [-0.2, 0) is 12.8 Å².